The van der Waals surface area contributed by atoms with Gasteiger partial charge in [-0.3, -0.25) is 0 Å². The number of esters is 1. The number of rotatable bonds is 5. The lowest BCUT2D eigenvalue weighted by Gasteiger charge is -2.18. The third kappa shape index (κ3) is 2.69. The van der Waals surface area contributed by atoms with Gasteiger partial charge < -0.3 is 14.4 Å². The Morgan fingerprint density at radius 2 is 2.14 bits per heavy atom. The summed E-state index contributed by atoms with van der Waals surface area (Å²) in [5, 5.41) is 9.26. The lowest BCUT2D eigenvalue weighted by Crippen LogP contribution is -2.25. The highest BCUT2D eigenvalue weighted by Crippen LogP contribution is 2.39. The Morgan fingerprint density at radius 3 is 2.76 bits per heavy atom. The smallest absolute Gasteiger partial charge is 0.357 e. The number of hydrogen-bond donors (Lipinski definition) is 1. The molecule has 0 unspecified atom stereocenters. The molecule has 1 atom stereocenters. The Hall–Kier alpha value is -2.14. The molecular formula is C16H18N2O3. The van der Waals surface area contributed by atoms with Gasteiger partial charge in [-0.2, -0.15) is 0 Å². The van der Waals surface area contributed by atoms with Crippen molar-refractivity contribution in [3.8, 4) is 0 Å². The molecule has 1 saturated carbocycles. The average molecular weight is 286 g/mol. The fourth-order valence-corrected chi connectivity index (χ4v) is 2.34. The number of benzene rings is 1. The van der Waals surface area contributed by atoms with E-state index in [0.29, 0.717) is 5.69 Å². The predicted molar refractivity (Wildman–Crippen MR) is 76.9 cm³/mol. The van der Waals surface area contributed by atoms with Crippen molar-refractivity contribution in [2.24, 2.45) is 0 Å². The highest BCUT2D eigenvalue weighted by molar-refractivity contribution is 5.88. The highest BCUT2D eigenvalue weighted by Gasteiger charge is 2.47. The van der Waals surface area contributed by atoms with Crippen LogP contribution < -0.4 is 0 Å². The van der Waals surface area contributed by atoms with Crippen LogP contribution >= 0.6 is 0 Å². The summed E-state index contributed by atoms with van der Waals surface area (Å²) in [6.45, 7) is 1.88. The van der Waals surface area contributed by atoms with Crippen LogP contribution in [0.5, 0.6) is 0 Å². The van der Waals surface area contributed by atoms with Crippen molar-refractivity contribution in [3.05, 3.63) is 54.1 Å². The van der Waals surface area contributed by atoms with Gasteiger partial charge in [0.15, 0.2) is 0 Å². The molecule has 3 rings (SSSR count). The van der Waals surface area contributed by atoms with Gasteiger partial charge in [0.05, 0.1) is 25.2 Å². The maximum atomic E-state index is 12.3. The zero-order chi connectivity index (χ0) is 14.9. The van der Waals surface area contributed by atoms with Crippen molar-refractivity contribution in [2.75, 3.05) is 6.61 Å². The molecule has 0 amide bonds. The number of aromatic nitrogens is 2. The van der Waals surface area contributed by atoms with Crippen LogP contribution in [0.15, 0.2) is 42.9 Å². The molecule has 0 radical (unpaired) electrons. The summed E-state index contributed by atoms with van der Waals surface area (Å²) in [5.74, 6) is -0.429. The zero-order valence-electron chi connectivity index (χ0n) is 11.9. The number of aliphatic hydroxyl groups excluding tert-OH is 1. The minimum atomic E-state index is -0.665. The van der Waals surface area contributed by atoms with Crippen molar-refractivity contribution in [1.82, 2.24) is 9.55 Å². The molecule has 1 fully saturated rings. The summed E-state index contributed by atoms with van der Waals surface area (Å²) in [5.41, 5.74) is 0.834. The van der Waals surface area contributed by atoms with Gasteiger partial charge in [0.25, 0.3) is 0 Å². The van der Waals surface area contributed by atoms with Crippen LogP contribution in [-0.4, -0.2) is 32.8 Å². The summed E-state index contributed by atoms with van der Waals surface area (Å²) >= 11 is 0. The lowest BCUT2D eigenvalue weighted by molar-refractivity contribution is 0.00240. The second kappa shape index (κ2) is 5.33. The van der Waals surface area contributed by atoms with Crippen LogP contribution in [0.1, 0.15) is 41.9 Å². The van der Waals surface area contributed by atoms with Crippen LogP contribution in [0.25, 0.3) is 0 Å². The predicted octanol–water partition coefficient (Wildman–Crippen LogP) is 2.17. The first-order valence-electron chi connectivity index (χ1n) is 7.06. The van der Waals surface area contributed by atoms with Gasteiger partial charge in [0.2, 0.25) is 0 Å². The van der Waals surface area contributed by atoms with E-state index in [1.54, 1.807) is 10.9 Å². The Bertz CT molecular complexity index is 632. The minimum Gasteiger partial charge on any atom is -0.452 e. The maximum absolute atomic E-state index is 12.3. The van der Waals surface area contributed by atoms with Gasteiger partial charge >= 0.3 is 5.97 Å². The van der Waals surface area contributed by atoms with E-state index in [-0.39, 0.29) is 12.6 Å². The second-order valence-corrected chi connectivity index (χ2v) is 5.50. The molecule has 110 valence electrons. The molecule has 1 aromatic heterocycles. The Labute approximate surface area is 123 Å². The number of nitrogens with zero attached hydrogens (tertiary/aromatic N) is 2. The van der Waals surface area contributed by atoms with Gasteiger partial charge in [0.1, 0.15) is 11.3 Å². The second-order valence-electron chi connectivity index (χ2n) is 5.50. The summed E-state index contributed by atoms with van der Waals surface area (Å²) in [4.78, 5) is 16.3. The number of hydrogen-bond acceptors (Lipinski definition) is 4. The van der Waals surface area contributed by atoms with E-state index in [1.807, 2.05) is 37.3 Å². The van der Waals surface area contributed by atoms with Crippen molar-refractivity contribution in [1.29, 1.82) is 0 Å². The standard InChI is InChI=1S/C16H18N2O3/c1-12(13-5-3-2-4-6-13)18-11-17-9-14(18)15(20)21-16(10-19)7-8-16/h2-6,9,11-12,19H,7-8,10H2,1H3/t12-/m1/s1. The minimum absolute atomic E-state index is 0.0134. The average Bonchev–Trinajstić information content (AvgIpc) is 3.12. The fraction of sp³-hybridized carbons (Fsp3) is 0.375. The van der Waals surface area contributed by atoms with Crippen LogP contribution in [-0.2, 0) is 4.74 Å². The van der Waals surface area contributed by atoms with E-state index in [0.717, 1.165) is 18.4 Å². The molecule has 1 aliphatic rings. The number of carbonyl (C=O) groups excluding carboxylic acids is 1. The molecule has 0 saturated heterocycles. The zero-order valence-corrected chi connectivity index (χ0v) is 11.9. The van der Waals surface area contributed by atoms with Gasteiger partial charge in [-0.05, 0) is 25.3 Å². The van der Waals surface area contributed by atoms with E-state index in [2.05, 4.69) is 4.98 Å². The molecule has 0 spiro atoms. The van der Waals surface area contributed by atoms with Crippen molar-refractivity contribution >= 4 is 5.97 Å². The number of imidazole rings is 1. The van der Waals surface area contributed by atoms with Gasteiger partial charge in [-0.1, -0.05) is 30.3 Å². The van der Waals surface area contributed by atoms with E-state index >= 15 is 0 Å². The summed E-state index contributed by atoms with van der Waals surface area (Å²) in [7, 11) is 0. The van der Waals surface area contributed by atoms with Gasteiger partial charge in [0, 0.05) is 0 Å². The van der Waals surface area contributed by atoms with Crippen LogP contribution in [0.4, 0.5) is 0 Å². The molecule has 2 aromatic rings. The molecule has 1 aliphatic carbocycles. The van der Waals surface area contributed by atoms with E-state index in [1.165, 1.54) is 6.20 Å². The molecule has 0 aliphatic heterocycles. The molecule has 1 N–H and O–H groups in total. The van der Waals surface area contributed by atoms with E-state index in [9.17, 15) is 9.90 Å². The van der Waals surface area contributed by atoms with Gasteiger partial charge in [-0.15, -0.1) is 0 Å². The quantitative estimate of drug-likeness (QED) is 0.856. The molecule has 5 heteroatoms. The number of aliphatic hydroxyl groups is 1. The summed E-state index contributed by atoms with van der Waals surface area (Å²) in [6, 6.07) is 9.89. The Balaban J connectivity index is 1.82. The van der Waals surface area contributed by atoms with Crippen LogP contribution in [0, 0.1) is 0 Å². The van der Waals surface area contributed by atoms with E-state index in [4.69, 9.17) is 4.74 Å². The molecule has 0 bridgehead atoms. The fourth-order valence-electron chi connectivity index (χ4n) is 2.34. The molecule has 1 aromatic carbocycles. The van der Waals surface area contributed by atoms with Crippen LogP contribution in [0.2, 0.25) is 0 Å². The maximum Gasteiger partial charge on any atom is 0.357 e. The molecule has 21 heavy (non-hydrogen) atoms. The lowest BCUT2D eigenvalue weighted by atomic mass is 10.1. The SMILES string of the molecule is C[C@H](c1ccccc1)n1cncc1C(=O)OC1(CO)CC1. The Morgan fingerprint density at radius 1 is 1.43 bits per heavy atom. The van der Waals surface area contributed by atoms with Crippen molar-refractivity contribution in [2.45, 2.75) is 31.4 Å². The first kappa shape index (κ1) is 13.8. The number of carbonyl (C=O) groups is 1. The third-order valence-corrected chi connectivity index (χ3v) is 3.98. The topological polar surface area (TPSA) is 64.4 Å². The normalized spacial score (nSPS) is 17.2. The van der Waals surface area contributed by atoms with Crippen molar-refractivity contribution < 1.29 is 14.6 Å². The van der Waals surface area contributed by atoms with Gasteiger partial charge in [-0.25, -0.2) is 9.78 Å². The molecule has 5 nitrogen and oxygen atoms in total. The monoisotopic (exact) mass is 286 g/mol. The summed E-state index contributed by atoms with van der Waals surface area (Å²) in [6.07, 6.45) is 4.58. The van der Waals surface area contributed by atoms with Crippen molar-refractivity contribution in [3.63, 3.8) is 0 Å². The Kier molecular flexibility index (Phi) is 3.51. The molecule has 1 heterocycles. The number of ether oxygens (including phenoxy) is 1. The highest BCUT2D eigenvalue weighted by atomic mass is 16.6. The largest absolute Gasteiger partial charge is 0.452 e. The molecular weight excluding hydrogens is 268 g/mol. The summed E-state index contributed by atoms with van der Waals surface area (Å²) < 4.78 is 7.22. The first-order valence-corrected chi connectivity index (χ1v) is 7.06. The third-order valence-electron chi connectivity index (χ3n) is 3.98. The first-order chi connectivity index (χ1) is 10.2. The van der Waals surface area contributed by atoms with Crippen LogP contribution in [0.3, 0.4) is 0 Å². The van der Waals surface area contributed by atoms with E-state index < -0.39 is 11.6 Å².